The second-order valence-electron chi connectivity index (χ2n) is 6.93. The number of nitrogens with one attached hydrogen (secondary N) is 1. The Labute approximate surface area is 160 Å². The number of ether oxygens (including phenoxy) is 3. The Hall–Kier alpha value is -2.03. The van der Waals surface area contributed by atoms with Gasteiger partial charge in [-0.2, -0.15) is 0 Å². The summed E-state index contributed by atoms with van der Waals surface area (Å²) < 4.78 is 15.9. The van der Waals surface area contributed by atoms with Crippen molar-refractivity contribution in [1.82, 2.24) is 15.1 Å². The molecular formula is C19H29N3O5. The van der Waals surface area contributed by atoms with E-state index in [9.17, 15) is 9.90 Å². The molecule has 0 saturated carbocycles. The SMILES string of the molecule is COc1cc(CNC(=O)N2CCCN([C@H]3COC[C@@H]3O)CC2)cc(OC)c1. The van der Waals surface area contributed by atoms with E-state index in [2.05, 4.69) is 10.2 Å². The molecule has 0 aromatic heterocycles. The lowest BCUT2D eigenvalue weighted by Crippen LogP contribution is -2.46. The summed E-state index contributed by atoms with van der Waals surface area (Å²) in [6.45, 7) is 4.31. The fraction of sp³-hybridized carbons (Fsp3) is 0.632. The lowest BCUT2D eigenvalue weighted by Gasteiger charge is -2.28. The molecule has 8 nitrogen and oxygen atoms in total. The Bertz CT molecular complexity index is 620. The minimum atomic E-state index is -0.437. The maximum absolute atomic E-state index is 12.6. The number of carbonyl (C=O) groups excluding carboxylic acids is 1. The summed E-state index contributed by atoms with van der Waals surface area (Å²) in [5.41, 5.74) is 0.919. The minimum Gasteiger partial charge on any atom is -0.497 e. The van der Waals surface area contributed by atoms with Crippen molar-refractivity contribution in [1.29, 1.82) is 0 Å². The van der Waals surface area contributed by atoms with Crippen LogP contribution >= 0.6 is 0 Å². The minimum absolute atomic E-state index is 0.0391. The van der Waals surface area contributed by atoms with E-state index in [0.717, 1.165) is 25.1 Å². The van der Waals surface area contributed by atoms with E-state index in [1.54, 1.807) is 20.3 Å². The maximum Gasteiger partial charge on any atom is 0.317 e. The number of aliphatic hydroxyl groups excluding tert-OH is 1. The average Bonchev–Trinajstić information content (AvgIpc) is 2.97. The molecule has 2 N–H and O–H groups in total. The highest BCUT2D eigenvalue weighted by molar-refractivity contribution is 5.74. The third kappa shape index (κ3) is 5.03. The molecule has 2 aliphatic heterocycles. The van der Waals surface area contributed by atoms with Crippen molar-refractivity contribution in [3.8, 4) is 11.5 Å². The average molecular weight is 379 g/mol. The number of aliphatic hydroxyl groups is 1. The van der Waals surface area contributed by atoms with Crippen molar-refractivity contribution >= 4 is 6.03 Å². The van der Waals surface area contributed by atoms with Crippen molar-refractivity contribution in [3.05, 3.63) is 23.8 Å². The molecule has 0 unspecified atom stereocenters. The topological polar surface area (TPSA) is 83.5 Å². The van der Waals surface area contributed by atoms with Crippen LogP contribution in [0.3, 0.4) is 0 Å². The van der Waals surface area contributed by atoms with Gasteiger partial charge in [0.1, 0.15) is 11.5 Å². The summed E-state index contributed by atoms with van der Waals surface area (Å²) >= 11 is 0. The van der Waals surface area contributed by atoms with Gasteiger partial charge < -0.3 is 29.5 Å². The largest absolute Gasteiger partial charge is 0.497 e. The fourth-order valence-corrected chi connectivity index (χ4v) is 3.61. The second kappa shape index (κ2) is 9.25. The zero-order chi connectivity index (χ0) is 19.2. The third-order valence-electron chi connectivity index (χ3n) is 5.16. The molecule has 2 fully saturated rings. The molecule has 2 saturated heterocycles. The summed E-state index contributed by atoms with van der Waals surface area (Å²) in [5, 5.41) is 13.0. The first-order chi connectivity index (χ1) is 13.1. The van der Waals surface area contributed by atoms with E-state index in [0.29, 0.717) is 44.3 Å². The first-order valence-electron chi connectivity index (χ1n) is 9.35. The van der Waals surface area contributed by atoms with Crippen LogP contribution in [0.5, 0.6) is 11.5 Å². The van der Waals surface area contributed by atoms with Gasteiger partial charge in [-0.15, -0.1) is 0 Å². The molecule has 1 aromatic carbocycles. The first kappa shape index (κ1) is 19.7. The number of hydrogen-bond donors (Lipinski definition) is 2. The van der Waals surface area contributed by atoms with Crippen LogP contribution in [-0.2, 0) is 11.3 Å². The Morgan fingerprint density at radius 2 is 1.89 bits per heavy atom. The van der Waals surface area contributed by atoms with Crippen LogP contribution in [-0.4, -0.2) is 86.7 Å². The maximum atomic E-state index is 12.6. The number of rotatable bonds is 5. The van der Waals surface area contributed by atoms with Gasteiger partial charge in [0.05, 0.1) is 39.6 Å². The van der Waals surface area contributed by atoms with Crippen molar-refractivity contribution in [2.24, 2.45) is 0 Å². The molecular weight excluding hydrogens is 350 g/mol. The normalized spacial score (nSPS) is 23.7. The summed E-state index contributed by atoms with van der Waals surface area (Å²) in [5.74, 6) is 1.39. The number of methoxy groups -OCH3 is 2. The van der Waals surface area contributed by atoms with Crippen LogP contribution in [0.25, 0.3) is 0 Å². The van der Waals surface area contributed by atoms with Gasteiger partial charge in [0.25, 0.3) is 0 Å². The van der Waals surface area contributed by atoms with Crippen LogP contribution in [0, 0.1) is 0 Å². The molecule has 150 valence electrons. The number of hydrogen-bond acceptors (Lipinski definition) is 6. The molecule has 0 radical (unpaired) electrons. The molecule has 0 aliphatic carbocycles. The quantitative estimate of drug-likeness (QED) is 0.783. The van der Waals surface area contributed by atoms with Crippen LogP contribution in [0.1, 0.15) is 12.0 Å². The summed E-state index contributed by atoms with van der Waals surface area (Å²) in [7, 11) is 3.21. The molecule has 8 heteroatoms. The van der Waals surface area contributed by atoms with Crippen LogP contribution in [0.15, 0.2) is 18.2 Å². The Kier molecular flexibility index (Phi) is 6.76. The van der Waals surface area contributed by atoms with Crippen molar-refractivity contribution in [2.45, 2.75) is 25.1 Å². The van der Waals surface area contributed by atoms with Crippen molar-refractivity contribution in [2.75, 3.05) is 53.6 Å². The van der Waals surface area contributed by atoms with Crippen LogP contribution in [0.4, 0.5) is 4.79 Å². The Balaban J connectivity index is 1.52. The zero-order valence-corrected chi connectivity index (χ0v) is 16.0. The summed E-state index contributed by atoms with van der Waals surface area (Å²) in [6, 6.07) is 5.53. The Morgan fingerprint density at radius 1 is 1.15 bits per heavy atom. The summed E-state index contributed by atoms with van der Waals surface area (Å²) in [4.78, 5) is 16.7. The molecule has 2 aliphatic rings. The fourth-order valence-electron chi connectivity index (χ4n) is 3.61. The molecule has 27 heavy (non-hydrogen) atoms. The second-order valence-corrected chi connectivity index (χ2v) is 6.93. The Morgan fingerprint density at radius 3 is 2.52 bits per heavy atom. The van der Waals surface area contributed by atoms with Gasteiger partial charge in [0.2, 0.25) is 0 Å². The molecule has 2 amide bonds. The molecule has 2 atom stereocenters. The third-order valence-corrected chi connectivity index (χ3v) is 5.16. The van der Waals surface area contributed by atoms with Gasteiger partial charge in [-0.1, -0.05) is 0 Å². The van der Waals surface area contributed by atoms with Gasteiger partial charge >= 0.3 is 6.03 Å². The van der Waals surface area contributed by atoms with Gasteiger partial charge in [0, 0.05) is 38.8 Å². The van der Waals surface area contributed by atoms with E-state index >= 15 is 0 Å². The molecule has 0 spiro atoms. The van der Waals surface area contributed by atoms with Gasteiger partial charge in [-0.25, -0.2) is 4.79 Å². The first-order valence-corrected chi connectivity index (χ1v) is 9.35. The lowest BCUT2D eigenvalue weighted by molar-refractivity contribution is 0.0844. The number of nitrogens with zero attached hydrogens (tertiary/aromatic N) is 2. The zero-order valence-electron chi connectivity index (χ0n) is 16.0. The number of benzene rings is 1. The highest BCUT2D eigenvalue weighted by Crippen LogP contribution is 2.22. The van der Waals surface area contributed by atoms with Gasteiger partial charge in [0.15, 0.2) is 0 Å². The number of urea groups is 1. The van der Waals surface area contributed by atoms with E-state index in [1.807, 2.05) is 17.0 Å². The lowest BCUT2D eigenvalue weighted by atomic mass is 10.2. The molecule has 3 rings (SSSR count). The standard InChI is InChI=1S/C19H29N3O5/c1-25-15-8-14(9-16(10-15)26-2)11-20-19(24)22-5-3-4-21(6-7-22)17-12-27-13-18(17)23/h8-10,17-18,23H,3-7,11-13H2,1-2H3,(H,20,24)/t17-,18-/m0/s1. The monoisotopic (exact) mass is 379 g/mol. The van der Waals surface area contributed by atoms with E-state index < -0.39 is 6.10 Å². The van der Waals surface area contributed by atoms with Crippen LogP contribution < -0.4 is 14.8 Å². The van der Waals surface area contributed by atoms with E-state index in [4.69, 9.17) is 14.2 Å². The summed E-state index contributed by atoms with van der Waals surface area (Å²) in [6.07, 6.45) is 0.442. The van der Waals surface area contributed by atoms with Gasteiger partial charge in [-0.05, 0) is 24.1 Å². The predicted molar refractivity (Wildman–Crippen MR) is 100 cm³/mol. The molecule has 2 heterocycles. The smallest absolute Gasteiger partial charge is 0.317 e. The molecule has 0 bridgehead atoms. The highest BCUT2D eigenvalue weighted by Gasteiger charge is 2.33. The van der Waals surface area contributed by atoms with Crippen molar-refractivity contribution in [3.63, 3.8) is 0 Å². The van der Waals surface area contributed by atoms with Crippen molar-refractivity contribution < 1.29 is 24.1 Å². The van der Waals surface area contributed by atoms with E-state index in [1.165, 1.54) is 0 Å². The van der Waals surface area contributed by atoms with Gasteiger partial charge in [-0.3, -0.25) is 4.90 Å². The molecule has 1 aromatic rings. The highest BCUT2D eigenvalue weighted by atomic mass is 16.5. The number of amides is 2. The van der Waals surface area contributed by atoms with Crippen LogP contribution in [0.2, 0.25) is 0 Å². The number of carbonyl (C=O) groups is 1. The van der Waals surface area contributed by atoms with E-state index in [-0.39, 0.29) is 12.1 Å². The predicted octanol–water partition coefficient (Wildman–Crippen LogP) is 0.681.